The van der Waals surface area contributed by atoms with E-state index in [-0.39, 0.29) is 19.1 Å². The quantitative estimate of drug-likeness (QED) is 0.538. The van der Waals surface area contributed by atoms with Crippen LogP contribution in [0.4, 0.5) is 0 Å². The summed E-state index contributed by atoms with van der Waals surface area (Å²) in [5.41, 5.74) is 4.85. The highest BCUT2D eigenvalue weighted by Gasteiger charge is 2.03. The summed E-state index contributed by atoms with van der Waals surface area (Å²) in [6.07, 6.45) is 0. The first kappa shape index (κ1) is 11.9. The van der Waals surface area contributed by atoms with Gasteiger partial charge in [-0.25, -0.2) is 0 Å². The number of ether oxygens (including phenoxy) is 1. The van der Waals surface area contributed by atoms with Gasteiger partial charge in [-0.2, -0.15) is 0 Å². The third-order valence-electron chi connectivity index (χ3n) is 1.15. The van der Waals surface area contributed by atoms with Crippen LogP contribution >= 0.6 is 0 Å². The Bertz CT molecular complexity index is 180. The minimum absolute atomic E-state index is 0.00320. The molecule has 0 radical (unpaired) electrons. The number of carbonyl (C=O) groups is 2. The van der Waals surface area contributed by atoms with E-state index in [2.05, 4.69) is 5.32 Å². The molecule has 0 atom stereocenters. The first-order valence-electron chi connectivity index (χ1n) is 4.17. The Labute approximate surface area is 77.6 Å². The number of hydrogen-bond acceptors (Lipinski definition) is 4. The van der Waals surface area contributed by atoms with Crippen molar-refractivity contribution in [2.75, 3.05) is 19.7 Å². The van der Waals surface area contributed by atoms with Crippen LogP contribution in [0.1, 0.15) is 13.8 Å². The fraction of sp³-hybridized carbons (Fsp3) is 0.750. The van der Waals surface area contributed by atoms with Gasteiger partial charge in [0.05, 0.1) is 19.7 Å². The largest absolute Gasteiger partial charge is 0.464 e. The number of esters is 1. The topological polar surface area (TPSA) is 81.4 Å². The molecule has 0 unspecified atom stereocenters. The molecule has 0 heterocycles. The summed E-state index contributed by atoms with van der Waals surface area (Å²) < 4.78 is 4.83. The average molecular weight is 188 g/mol. The number of nitrogens with two attached hydrogens (primary N) is 1. The summed E-state index contributed by atoms with van der Waals surface area (Å²) in [6.45, 7) is 4.32. The predicted molar refractivity (Wildman–Crippen MR) is 47.9 cm³/mol. The minimum Gasteiger partial charge on any atom is -0.464 e. The lowest BCUT2D eigenvalue weighted by molar-refractivity contribution is -0.143. The molecule has 0 aliphatic rings. The second-order valence-corrected chi connectivity index (χ2v) is 3.15. The molecule has 0 aliphatic carbocycles. The van der Waals surface area contributed by atoms with E-state index in [1.54, 1.807) is 0 Å². The van der Waals surface area contributed by atoms with Gasteiger partial charge in [0.1, 0.15) is 0 Å². The van der Waals surface area contributed by atoms with E-state index in [0.29, 0.717) is 12.5 Å². The number of hydrogen-bond donors (Lipinski definition) is 2. The van der Waals surface area contributed by atoms with Crippen molar-refractivity contribution >= 4 is 11.9 Å². The Kier molecular flexibility index (Phi) is 5.88. The number of nitrogens with one attached hydrogen (secondary N) is 1. The van der Waals surface area contributed by atoms with Crippen LogP contribution in [-0.4, -0.2) is 31.6 Å². The Balaban J connectivity index is 3.35. The van der Waals surface area contributed by atoms with E-state index < -0.39 is 5.91 Å². The molecule has 3 N–H and O–H groups in total. The monoisotopic (exact) mass is 188 g/mol. The van der Waals surface area contributed by atoms with Crippen LogP contribution in [0.15, 0.2) is 0 Å². The molecule has 5 heteroatoms. The standard InChI is InChI=1S/C8H16N2O3/c1-6(2)5-13-8(12)4-10-3-7(9)11/h6,10H,3-5H2,1-2H3,(H2,9,11). The maximum absolute atomic E-state index is 10.9. The summed E-state index contributed by atoms with van der Waals surface area (Å²) in [7, 11) is 0. The van der Waals surface area contributed by atoms with Gasteiger partial charge in [-0.15, -0.1) is 0 Å². The molecular weight excluding hydrogens is 172 g/mol. The van der Waals surface area contributed by atoms with Crippen LogP contribution in [0.3, 0.4) is 0 Å². The fourth-order valence-electron chi connectivity index (χ4n) is 0.598. The maximum atomic E-state index is 10.9. The van der Waals surface area contributed by atoms with E-state index >= 15 is 0 Å². The fourth-order valence-corrected chi connectivity index (χ4v) is 0.598. The van der Waals surface area contributed by atoms with Gasteiger partial charge < -0.3 is 10.5 Å². The summed E-state index contributed by atoms with van der Waals surface area (Å²) in [5, 5.41) is 2.56. The Morgan fingerprint density at radius 3 is 2.46 bits per heavy atom. The van der Waals surface area contributed by atoms with Crippen molar-refractivity contribution in [2.45, 2.75) is 13.8 Å². The van der Waals surface area contributed by atoms with Gasteiger partial charge in [-0.05, 0) is 5.92 Å². The molecule has 13 heavy (non-hydrogen) atoms. The van der Waals surface area contributed by atoms with Gasteiger partial charge in [0, 0.05) is 0 Å². The highest BCUT2D eigenvalue weighted by Crippen LogP contribution is 1.91. The van der Waals surface area contributed by atoms with E-state index in [0.717, 1.165) is 0 Å². The van der Waals surface area contributed by atoms with Gasteiger partial charge in [-0.1, -0.05) is 13.8 Å². The van der Waals surface area contributed by atoms with Crippen LogP contribution in [0.5, 0.6) is 0 Å². The lowest BCUT2D eigenvalue weighted by atomic mass is 10.2. The predicted octanol–water partition coefficient (Wildman–Crippen LogP) is -0.739. The minimum atomic E-state index is -0.489. The molecule has 0 saturated heterocycles. The van der Waals surface area contributed by atoms with Crippen molar-refractivity contribution in [1.29, 1.82) is 0 Å². The summed E-state index contributed by atoms with van der Waals surface area (Å²) >= 11 is 0. The second kappa shape index (κ2) is 6.42. The molecule has 0 spiro atoms. The van der Waals surface area contributed by atoms with Crippen LogP contribution in [-0.2, 0) is 14.3 Å². The molecule has 0 aromatic carbocycles. The van der Waals surface area contributed by atoms with Crippen molar-refractivity contribution in [3.8, 4) is 0 Å². The first-order valence-corrected chi connectivity index (χ1v) is 4.17. The number of amides is 1. The van der Waals surface area contributed by atoms with Crippen molar-refractivity contribution in [2.24, 2.45) is 11.7 Å². The van der Waals surface area contributed by atoms with Gasteiger partial charge in [0.2, 0.25) is 5.91 Å². The molecule has 0 rings (SSSR count). The van der Waals surface area contributed by atoms with Crippen molar-refractivity contribution < 1.29 is 14.3 Å². The Hall–Kier alpha value is -1.10. The highest BCUT2D eigenvalue weighted by molar-refractivity contribution is 5.77. The maximum Gasteiger partial charge on any atom is 0.319 e. The molecule has 0 aliphatic heterocycles. The molecule has 76 valence electrons. The smallest absolute Gasteiger partial charge is 0.319 e. The summed E-state index contributed by atoms with van der Waals surface area (Å²) in [6, 6.07) is 0. The molecule has 0 aromatic rings. The normalized spacial score (nSPS) is 10.1. The molecule has 5 nitrogen and oxygen atoms in total. The van der Waals surface area contributed by atoms with E-state index in [1.807, 2.05) is 13.8 Å². The Morgan fingerprint density at radius 1 is 1.38 bits per heavy atom. The van der Waals surface area contributed by atoms with Crippen molar-refractivity contribution in [3.63, 3.8) is 0 Å². The molecular formula is C8H16N2O3. The third-order valence-corrected chi connectivity index (χ3v) is 1.15. The van der Waals surface area contributed by atoms with Crippen molar-refractivity contribution in [3.05, 3.63) is 0 Å². The number of primary amides is 1. The van der Waals surface area contributed by atoms with E-state index in [1.165, 1.54) is 0 Å². The van der Waals surface area contributed by atoms with Crippen LogP contribution in [0.2, 0.25) is 0 Å². The van der Waals surface area contributed by atoms with Gasteiger partial charge >= 0.3 is 5.97 Å². The number of rotatable bonds is 6. The number of carbonyl (C=O) groups excluding carboxylic acids is 2. The van der Waals surface area contributed by atoms with Crippen molar-refractivity contribution in [1.82, 2.24) is 5.32 Å². The Morgan fingerprint density at radius 2 is 2.00 bits per heavy atom. The average Bonchev–Trinajstić information content (AvgIpc) is 2.00. The molecule has 0 saturated carbocycles. The highest BCUT2D eigenvalue weighted by atomic mass is 16.5. The van der Waals surface area contributed by atoms with Crippen LogP contribution in [0, 0.1) is 5.92 Å². The van der Waals surface area contributed by atoms with Gasteiger partial charge in [0.15, 0.2) is 0 Å². The van der Waals surface area contributed by atoms with Gasteiger partial charge in [0.25, 0.3) is 0 Å². The lowest BCUT2D eigenvalue weighted by Crippen LogP contribution is -2.33. The molecule has 0 bridgehead atoms. The zero-order chi connectivity index (χ0) is 10.3. The lowest BCUT2D eigenvalue weighted by Gasteiger charge is -2.06. The van der Waals surface area contributed by atoms with Gasteiger partial charge in [-0.3, -0.25) is 14.9 Å². The third kappa shape index (κ3) is 8.81. The summed E-state index contributed by atoms with van der Waals surface area (Å²) in [4.78, 5) is 21.1. The molecule has 1 amide bonds. The molecule has 0 fully saturated rings. The zero-order valence-electron chi connectivity index (χ0n) is 8.00. The SMILES string of the molecule is CC(C)COC(=O)CNCC(N)=O. The second-order valence-electron chi connectivity index (χ2n) is 3.15. The van der Waals surface area contributed by atoms with Crippen LogP contribution in [0.25, 0.3) is 0 Å². The zero-order valence-corrected chi connectivity index (χ0v) is 8.00. The van der Waals surface area contributed by atoms with E-state index in [9.17, 15) is 9.59 Å². The first-order chi connectivity index (χ1) is 6.02. The molecule has 0 aromatic heterocycles. The summed E-state index contributed by atoms with van der Waals surface area (Å²) in [5.74, 6) is -0.535. The van der Waals surface area contributed by atoms with E-state index in [4.69, 9.17) is 10.5 Å². The van der Waals surface area contributed by atoms with Crippen LogP contribution < -0.4 is 11.1 Å².